The molecule has 0 N–H and O–H groups in total. The number of hydrogen-bond acceptors (Lipinski definition) is 4. The molecule has 0 spiro atoms. The summed E-state index contributed by atoms with van der Waals surface area (Å²) < 4.78 is 0. The molecule has 1 saturated heterocycles. The molecule has 4 nitrogen and oxygen atoms in total. The van der Waals surface area contributed by atoms with Gasteiger partial charge in [-0.15, -0.1) is 0 Å². The molecular formula is C13H21ClN4. The predicted molar refractivity (Wildman–Crippen MR) is 75.3 cm³/mol. The normalized spacial score (nSPS) is 21.2. The average Bonchev–Trinajstić information content (AvgIpc) is 2.58. The van der Waals surface area contributed by atoms with Gasteiger partial charge in [0.05, 0.1) is 6.20 Å². The maximum absolute atomic E-state index is 6.20. The summed E-state index contributed by atoms with van der Waals surface area (Å²) in [6.45, 7) is 3.94. The van der Waals surface area contributed by atoms with E-state index in [2.05, 4.69) is 33.9 Å². The highest BCUT2D eigenvalue weighted by atomic mass is 35.5. The van der Waals surface area contributed by atoms with E-state index in [1.165, 1.54) is 12.8 Å². The highest BCUT2D eigenvalue weighted by Gasteiger charge is 2.20. The molecule has 1 fully saturated rings. The molecule has 5 heteroatoms. The van der Waals surface area contributed by atoms with Gasteiger partial charge in [0.1, 0.15) is 10.8 Å². The second kappa shape index (κ2) is 5.85. The van der Waals surface area contributed by atoms with Crippen molar-refractivity contribution in [3.05, 3.63) is 17.0 Å². The van der Waals surface area contributed by atoms with E-state index < -0.39 is 0 Å². The van der Waals surface area contributed by atoms with Crippen LogP contribution < -0.4 is 4.90 Å². The summed E-state index contributed by atoms with van der Waals surface area (Å²) >= 11 is 6.20. The Kier molecular flexibility index (Phi) is 4.40. The summed E-state index contributed by atoms with van der Waals surface area (Å²) in [5, 5.41) is 0.656. The molecule has 1 aromatic rings. The standard InChI is InChI=1S/C13H21ClN4/c1-10-15-9-12(14)13(16-10)18-7-4-5-11(6-8-18)17(2)3/h9,11H,4-8H2,1-3H3. The van der Waals surface area contributed by atoms with Crippen LogP contribution in [-0.4, -0.2) is 48.1 Å². The monoisotopic (exact) mass is 268 g/mol. The van der Waals surface area contributed by atoms with Crippen molar-refractivity contribution in [3.8, 4) is 0 Å². The zero-order valence-corrected chi connectivity index (χ0v) is 12.1. The van der Waals surface area contributed by atoms with E-state index in [0.29, 0.717) is 11.1 Å². The van der Waals surface area contributed by atoms with E-state index in [9.17, 15) is 0 Å². The zero-order chi connectivity index (χ0) is 13.1. The van der Waals surface area contributed by atoms with Crippen LogP contribution in [0, 0.1) is 6.92 Å². The molecule has 1 unspecified atom stereocenters. The van der Waals surface area contributed by atoms with Gasteiger partial charge in [-0.05, 0) is 40.3 Å². The number of aromatic nitrogens is 2. The van der Waals surface area contributed by atoms with E-state index in [1.807, 2.05) is 6.92 Å². The van der Waals surface area contributed by atoms with E-state index in [-0.39, 0.29) is 0 Å². The topological polar surface area (TPSA) is 32.3 Å². The number of hydrogen-bond donors (Lipinski definition) is 0. The third-order valence-corrected chi connectivity index (χ3v) is 3.84. The van der Waals surface area contributed by atoms with E-state index in [1.54, 1.807) is 6.20 Å². The lowest BCUT2D eigenvalue weighted by Crippen LogP contribution is -2.30. The molecule has 2 heterocycles. The minimum Gasteiger partial charge on any atom is -0.355 e. The summed E-state index contributed by atoms with van der Waals surface area (Å²) in [6.07, 6.45) is 5.29. The minimum absolute atomic E-state index is 0.656. The summed E-state index contributed by atoms with van der Waals surface area (Å²) in [6, 6.07) is 0.664. The quantitative estimate of drug-likeness (QED) is 0.824. The minimum atomic E-state index is 0.656. The Morgan fingerprint density at radius 1 is 1.33 bits per heavy atom. The van der Waals surface area contributed by atoms with Crippen molar-refractivity contribution in [2.75, 3.05) is 32.1 Å². The third kappa shape index (κ3) is 3.12. The highest BCUT2D eigenvalue weighted by Crippen LogP contribution is 2.25. The Balaban J connectivity index is 2.12. The third-order valence-electron chi connectivity index (χ3n) is 3.57. The Morgan fingerprint density at radius 3 is 2.83 bits per heavy atom. The first-order valence-corrected chi connectivity index (χ1v) is 6.86. The molecule has 0 radical (unpaired) electrons. The SMILES string of the molecule is Cc1ncc(Cl)c(N2CCCC(N(C)C)CC2)n1. The summed E-state index contributed by atoms with van der Waals surface area (Å²) in [4.78, 5) is 13.2. The van der Waals surface area contributed by atoms with Gasteiger partial charge in [-0.2, -0.15) is 0 Å². The Hall–Kier alpha value is -0.870. The average molecular weight is 269 g/mol. The molecule has 100 valence electrons. The highest BCUT2D eigenvalue weighted by molar-refractivity contribution is 6.32. The van der Waals surface area contributed by atoms with Gasteiger partial charge in [-0.1, -0.05) is 11.6 Å². The van der Waals surface area contributed by atoms with Gasteiger partial charge >= 0.3 is 0 Å². The van der Waals surface area contributed by atoms with Crippen molar-refractivity contribution in [2.45, 2.75) is 32.2 Å². The van der Waals surface area contributed by atoms with Crippen LogP contribution in [-0.2, 0) is 0 Å². The number of rotatable bonds is 2. The number of aryl methyl sites for hydroxylation is 1. The smallest absolute Gasteiger partial charge is 0.151 e. The van der Waals surface area contributed by atoms with Crippen molar-refractivity contribution in [3.63, 3.8) is 0 Å². The van der Waals surface area contributed by atoms with Gasteiger partial charge < -0.3 is 9.80 Å². The Morgan fingerprint density at radius 2 is 2.11 bits per heavy atom. The fourth-order valence-corrected chi connectivity index (χ4v) is 2.68. The maximum atomic E-state index is 6.20. The summed E-state index contributed by atoms with van der Waals surface area (Å²) in [7, 11) is 4.31. The van der Waals surface area contributed by atoms with Crippen LogP contribution in [0.2, 0.25) is 5.02 Å². The number of nitrogens with zero attached hydrogens (tertiary/aromatic N) is 4. The van der Waals surface area contributed by atoms with Gasteiger partial charge in [0, 0.05) is 19.1 Å². The van der Waals surface area contributed by atoms with E-state index >= 15 is 0 Å². The van der Waals surface area contributed by atoms with Gasteiger partial charge in [0.2, 0.25) is 0 Å². The fourth-order valence-electron chi connectivity index (χ4n) is 2.47. The van der Waals surface area contributed by atoms with E-state index in [0.717, 1.165) is 31.2 Å². The second-order valence-corrected chi connectivity index (χ2v) is 5.53. The Bertz CT molecular complexity index is 408. The number of halogens is 1. The van der Waals surface area contributed by atoms with E-state index in [4.69, 9.17) is 11.6 Å². The molecule has 2 rings (SSSR count). The molecule has 0 bridgehead atoms. The maximum Gasteiger partial charge on any atom is 0.151 e. The van der Waals surface area contributed by atoms with Crippen LogP contribution in [0.1, 0.15) is 25.1 Å². The second-order valence-electron chi connectivity index (χ2n) is 5.12. The van der Waals surface area contributed by atoms with Crippen LogP contribution in [0.5, 0.6) is 0 Å². The van der Waals surface area contributed by atoms with Crippen LogP contribution in [0.15, 0.2) is 6.20 Å². The van der Waals surface area contributed by atoms with Crippen molar-refractivity contribution in [2.24, 2.45) is 0 Å². The van der Waals surface area contributed by atoms with Crippen LogP contribution in [0.4, 0.5) is 5.82 Å². The lowest BCUT2D eigenvalue weighted by atomic mass is 10.1. The molecule has 18 heavy (non-hydrogen) atoms. The molecule has 1 atom stereocenters. The molecule has 0 saturated carbocycles. The molecule has 1 aromatic heterocycles. The van der Waals surface area contributed by atoms with Crippen molar-refractivity contribution in [1.29, 1.82) is 0 Å². The molecule has 1 aliphatic heterocycles. The lowest BCUT2D eigenvalue weighted by Gasteiger charge is -2.24. The van der Waals surface area contributed by atoms with Crippen molar-refractivity contribution >= 4 is 17.4 Å². The largest absolute Gasteiger partial charge is 0.355 e. The number of anilines is 1. The van der Waals surface area contributed by atoms with Crippen molar-refractivity contribution < 1.29 is 0 Å². The van der Waals surface area contributed by atoms with Gasteiger partial charge in [0.15, 0.2) is 5.82 Å². The van der Waals surface area contributed by atoms with Crippen molar-refractivity contribution in [1.82, 2.24) is 14.9 Å². The van der Waals surface area contributed by atoms with Gasteiger partial charge in [-0.25, -0.2) is 9.97 Å². The molecule has 0 amide bonds. The first-order chi connectivity index (χ1) is 8.58. The van der Waals surface area contributed by atoms with Crippen LogP contribution in [0.25, 0.3) is 0 Å². The predicted octanol–water partition coefficient (Wildman–Crippen LogP) is 2.36. The Labute approximate surface area is 114 Å². The first kappa shape index (κ1) is 13.6. The molecule has 0 aliphatic carbocycles. The zero-order valence-electron chi connectivity index (χ0n) is 11.4. The van der Waals surface area contributed by atoms with Crippen LogP contribution >= 0.6 is 11.6 Å². The summed E-state index contributed by atoms with van der Waals surface area (Å²) in [5.74, 6) is 1.67. The molecular weight excluding hydrogens is 248 g/mol. The van der Waals surface area contributed by atoms with Gasteiger partial charge in [0.25, 0.3) is 0 Å². The van der Waals surface area contributed by atoms with Crippen LogP contribution in [0.3, 0.4) is 0 Å². The summed E-state index contributed by atoms with van der Waals surface area (Å²) in [5.41, 5.74) is 0. The fraction of sp³-hybridized carbons (Fsp3) is 0.692. The van der Waals surface area contributed by atoms with Gasteiger partial charge in [-0.3, -0.25) is 0 Å². The molecule has 0 aromatic carbocycles. The lowest BCUT2D eigenvalue weighted by molar-refractivity contribution is 0.272. The molecule has 1 aliphatic rings. The first-order valence-electron chi connectivity index (χ1n) is 6.48.